The molecule has 1 atom stereocenters. The number of rotatable bonds is 5. The highest BCUT2D eigenvalue weighted by atomic mass is 16.8. The van der Waals surface area contributed by atoms with Crippen molar-refractivity contribution in [2.24, 2.45) is 0 Å². The van der Waals surface area contributed by atoms with Crippen molar-refractivity contribution in [2.45, 2.75) is 37.3 Å². The maximum absolute atomic E-state index is 11.4. The summed E-state index contributed by atoms with van der Waals surface area (Å²) in [7, 11) is 4.52. The number of hydrogen-bond donors (Lipinski definition) is 0. The molecule has 17 heavy (non-hydrogen) atoms. The number of methoxy groups -OCH3 is 3. The maximum Gasteiger partial charge on any atom is 0.332 e. The van der Waals surface area contributed by atoms with Gasteiger partial charge in [-0.1, -0.05) is 6.58 Å². The summed E-state index contributed by atoms with van der Waals surface area (Å²) in [6.07, 6.45) is 4.06. The van der Waals surface area contributed by atoms with Crippen LogP contribution >= 0.6 is 0 Å². The molecule has 1 unspecified atom stereocenters. The van der Waals surface area contributed by atoms with E-state index in [-0.39, 0.29) is 0 Å². The zero-order valence-electron chi connectivity index (χ0n) is 10.7. The van der Waals surface area contributed by atoms with Crippen molar-refractivity contribution < 1.29 is 23.7 Å². The van der Waals surface area contributed by atoms with E-state index in [0.29, 0.717) is 12.8 Å². The summed E-state index contributed by atoms with van der Waals surface area (Å²) < 4.78 is 21.6. The Labute approximate surface area is 102 Å². The second kappa shape index (κ2) is 5.62. The largest absolute Gasteiger partial charge is 0.424 e. The predicted octanol–water partition coefficient (Wildman–Crippen LogP) is 1.62. The first-order valence-corrected chi connectivity index (χ1v) is 5.60. The third kappa shape index (κ3) is 2.36. The summed E-state index contributed by atoms with van der Waals surface area (Å²) in [5.41, 5.74) is 0. The molecule has 1 saturated carbocycles. The Morgan fingerprint density at radius 1 is 1.06 bits per heavy atom. The molecule has 0 amide bonds. The van der Waals surface area contributed by atoms with Crippen LogP contribution in [0.3, 0.4) is 0 Å². The second-order valence-electron chi connectivity index (χ2n) is 3.95. The first kappa shape index (κ1) is 14.2. The van der Waals surface area contributed by atoms with Crippen LogP contribution < -0.4 is 0 Å². The van der Waals surface area contributed by atoms with Crippen molar-refractivity contribution in [2.75, 3.05) is 21.3 Å². The van der Waals surface area contributed by atoms with Crippen LogP contribution in [0.5, 0.6) is 0 Å². The highest BCUT2D eigenvalue weighted by Gasteiger charge is 2.58. The number of ether oxygens (including phenoxy) is 4. The first-order valence-electron chi connectivity index (χ1n) is 5.60. The second-order valence-corrected chi connectivity index (χ2v) is 3.95. The smallest absolute Gasteiger partial charge is 0.332 e. The van der Waals surface area contributed by atoms with Crippen LogP contribution in [0.25, 0.3) is 0 Å². The lowest BCUT2D eigenvalue weighted by Gasteiger charge is -2.48. The van der Waals surface area contributed by atoms with Gasteiger partial charge in [0, 0.05) is 40.2 Å². The van der Waals surface area contributed by atoms with E-state index in [9.17, 15) is 4.79 Å². The lowest BCUT2D eigenvalue weighted by atomic mass is 9.87. The molecule has 98 valence electrons. The van der Waals surface area contributed by atoms with Gasteiger partial charge < -0.3 is 18.9 Å². The molecule has 1 rings (SSSR count). The van der Waals surface area contributed by atoms with Crippen LogP contribution in [0, 0.1) is 0 Å². The monoisotopic (exact) mass is 244 g/mol. The Hall–Kier alpha value is -0.910. The molecule has 5 nitrogen and oxygen atoms in total. The molecule has 0 spiro atoms. The van der Waals surface area contributed by atoms with Crippen molar-refractivity contribution in [3.63, 3.8) is 0 Å². The molecule has 0 heterocycles. The highest BCUT2D eigenvalue weighted by Crippen LogP contribution is 2.43. The summed E-state index contributed by atoms with van der Waals surface area (Å²) in [6, 6.07) is 0. The highest BCUT2D eigenvalue weighted by molar-refractivity contribution is 5.81. The summed E-state index contributed by atoms with van der Waals surface area (Å²) >= 11 is 0. The Kier molecular flexibility index (Phi) is 4.68. The lowest BCUT2D eigenvalue weighted by molar-refractivity contribution is -0.392. The molecule has 1 aliphatic carbocycles. The van der Waals surface area contributed by atoms with E-state index in [1.165, 1.54) is 21.3 Å². The van der Waals surface area contributed by atoms with Gasteiger partial charge >= 0.3 is 5.97 Å². The Balaban J connectivity index is 3.05. The van der Waals surface area contributed by atoms with Crippen molar-refractivity contribution in [1.82, 2.24) is 0 Å². The van der Waals surface area contributed by atoms with Gasteiger partial charge in [0.25, 0.3) is 5.79 Å². The van der Waals surface area contributed by atoms with Crippen molar-refractivity contribution in [3.05, 3.63) is 12.7 Å². The molecular weight excluding hydrogens is 224 g/mol. The summed E-state index contributed by atoms with van der Waals surface area (Å²) in [6.45, 7) is 3.38. The van der Waals surface area contributed by atoms with E-state index >= 15 is 0 Å². The standard InChI is InChI=1S/C12H20O5/c1-5-10(13)17-12(16-4)9-7-6-8-11(12,14-2)15-3/h5H,1,6-9H2,2-4H3. The summed E-state index contributed by atoms with van der Waals surface area (Å²) in [4.78, 5) is 11.4. The molecule has 0 N–H and O–H groups in total. The third-order valence-corrected chi connectivity index (χ3v) is 3.26. The zero-order chi connectivity index (χ0) is 12.9. The molecule has 0 aromatic heterocycles. The molecule has 1 aliphatic rings. The molecule has 5 heteroatoms. The van der Waals surface area contributed by atoms with Crippen LogP contribution in [0.2, 0.25) is 0 Å². The minimum absolute atomic E-state index is 0.532. The summed E-state index contributed by atoms with van der Waals surface area (Å²) in [5, 5.41) is 0. The molecule has 0 saturated heterocycles. The normalized spacial score (nSPS) is 27.5. The molecule has 0 aliphatic heterocycles. The number of carbonyl (C=O) groups is 1. The quantitative estimate of drug-likeness (QED) is 0.418. The molecule has 0 radical (unpaired) electrons. The average molecular weight is 244 g/mol. The number of esters is 1. The topological polar surface area (TPSA) is 54.0 Å². The Morgan fingerprint density at radius 3 is 1.94 bits per heavy atom. The lowest BCUT2D eigenvalue weighted by Crippen LogP contribution is -2.62. The fourth-order valence-electron chi connectivity index (χ4n) is 2.33. The minimum Gasteiger partial charge on any atom is -0.424 e. The van der Waals surface area contributed by atoms with Crippen LogP contribution in [-0.4, -0.2) is 38.9 Å². The summed E-state index contributed by atoms with van der Waals surface area (Å²) in [5.74, 6) is -2.81. The maximum atomic E-state index is 11.4. The van der Waals surface area contributed by atoms with Crippen molar-refractivity contribution in [1.29, 1.82) is 0 Å². The third-order valence-electron chi connectivity index (χ3n) is 3.26. The average Bonchev–Trinajstić information content (AvgIpc) is 2.39. The van der Waals surface area contributed by atoms with Gasteiger partial charge in [-0.05, 0) is 12.8 Å². The van der Waals surface area contributed by atoms with Crippen LogP contribution in [-0.2, 0) is 23.7 Å². The van der Waals surface area contributed by atoms with Crippen LogP contribution in [0.4, 0.5) is 0 Å². The van der Waals surface area contributed by atoms with Gasteiger partial charge in [-0.25, -0.2) is 4.79 Å². The Bertz CT molecular complexity index is 285. The van der Waals surface area contributed by atoms with Gasteiger partial charge in [0.1, 0.15) is 0 Å². The first-order chi connectivity index (χ1) is 8.09. The number of carbonyl (C=O) groups excluding carboxylic acids is 1. The van der Waals surface area contributed by atoms with E-state index in [4.69, 9.17) is 18.9 Å². The van der Waals surface area contributed by atoms with E-state index < -0.39 is 17.5 Å². The van der Waals surface area contributed by atoms with Gasteiger partial charge in [-0.15, -0.1) is 0 Å². The van der Waals surface area contributed by atoms with E-state index in [2.05, 4.69) is 6.58 Å². The van der Waals surface area contributed by atoms with Crippen LogP contribution in [0.15, 0.2) is 12.7 Å². The number of hydrogen-bond acceptors (Lipinski definition) is 5. The van der Waals surface area contributed by atoms with E-state index in [0.717, 1.165) is 18.9 Å². The van der Waals surface area contributed by atoms with Gasteiger partial charge in [0.05, 0.1) is 0 Å². The predicted molar refractivity (Wildman–Crippen MR) is 61.2 cm³/mol. The van der Waals surface area contributed by atoms with Gasteiger partial charge in [-0.3, -0.25) is 0 Å². The van der Waals surface area contributed by atoms with E-state index in [1.807, 2.05) is 0 Å². The Morgan fingerprint density at radius 2 is 1.53 bits per heavy atom. The fourth-order valence-corrected chi connectivity index (χ4v) is 2.33. The van der Waals surface area contributed by atoms with Gasteiger partial charge in [0.2, 0.25) is 5.79 Å². The van der Waals surface area contributed by atoms with Gasteiger partial charge in [-0.2, -0.15) is 0 Å². The van der Waals surface area contributed by atoms with E-state index in [1.54, 1.807) is 0 Å². The minimum atomic E-state index is -1.21. The van der Waals surface area contributed by atoms with Gasteiger partial charge in [0.15, 0.2) is 0 Å². The molecule has 0 bridgehead atoms. The molecule has 0 aromatic rings. The SMILES string of the molecule is C=CC(=O)OC1(OC)CCCCC1(OC)OC. The molecular formula is C12H20O5. The molecule has 0 aromatic carbocycles. The fraction of sp³-hybridized carbons (Fsp3) is 0.750. The zero-order valence-corrected chi connectivity index (χ0v) is 10.7. The molecule has 1 fully saturated rings. The van der Waals surface area contributed by atoms with Crippen molar-refractivity contribution >= 4 is 5.97 Å². The van der Waals surface area contributed by atoms with Crippen LogP contribution in [0.1, 0.15) is 25.7 Å². The van der Waals surface area contributed by atoms with Crippen molar-refractivity contribution in [3.8, 4) is 0 Å².